The molecule has 4 aliphatic heterocycles. The van der Waals surface area contributed by atoms with Gasteiger partial charge in [0.05, 0.1) is 22.1 Å². The third kappa shape index (κ3) is 8.86. The first-order chi connectivity index (χ1) is 43.9. The van der Waals surface area contributed by atoms with Gasteiger partial charge >= 0.3 is 0 Å². The van der Waals surface area contributed by atoms with Crippen molar-refractivity contribution in [2.45, 2.75) is 126 Å². The van der Waals surface area contributed by atoms with Crippen LogP contribution in [0.1, 0.15) is 100 Å². The molecule has 0 N–H and O–H groups in total. The number of halogens is 1. The monoisotopic (exact) mass is 1320 g/mol. The van der Waals surface area contributed by atoms with Crippen molar-refractivity contribution in [3.05, 3.63) is 237 Å². The summed E-state index contributed by atoms with van der Waals surface area (Å²) >= 11 is 6.68. The lowest BCUT2D eigenvalue weighted by Crippen LogP contribution is -2.64. The van der Waals surface area contributed by atoms with E-state index in [1.807, 2.05) is 23.5 Å². The summed E-state index contributed by atoms with van der Waals surface area (Å²) in [6, 6.07) is 76.2. The molecule has 0 spiro atoms. The van der Waals surface area contributed by atoms with E-state index >= 15 is 0 Å². The van der Waals surface area contributed by atoms with E-state index in [2.05, 4.69) is 312 Å². The predicted octanol–water partition coefficient (Wildman–Crippen LogP) is 19.2. The van der Waals surface area contributed by atoms with Gasteiger partial charge in [-0.05, 0) is 226 Å². The summed E-state index contributed by atoms with van der Waals surface area (Å²) in [7, 11) is 0. The number of para-hydroxylation sites is 4. The minimum atomic E-state index is -0.0528. The second-order valence-electron chi connectivity index (χ2n) is 28.4. The summed E-state index contributed by atoms with van der Waals surface area (Å²) in [6.07, 6.45) is 3.27. The van der Waals surface area contributed by atoms with Gasteiger partial charge in [-0.25, -0.2) is 0 Å². The summed E-state index contributed by atoms with van der Waals surface area (Å²) in [5.41, 5.74) is 32.3. The molecule has 0 radical (unpaired) electrons. The van der Waals surface area contributed by atoms with Crippen LogP contribution in [0.4, 0.5) is 34.1 Å². The Labute approximate surface area is 558 Å². The zero-order valence-corrected chi connectivity index (χ0v) is 57.5. The summed E-state index contributed by atoms with van der Waals surface area (Å²) in [6.45, 7) is 25.6. The topological polar surface area (TPSA) is 16.3 Å². The molecule has 0 amide bonds. The Morgan fingerprint density at radius 1 is 0.385 bits per heavy atom. The fraction of sp³-hybridized carbons (Fsp3) is 0.195. The molecule has 4 aliphatic rings. The number of hydrogen-bond donors (Lipinski definition) is 0. The molecule has 17 rings (SSSR count). The zero-order valence-electron chi connectivity index (χ0n) is 53.7. The Kier molecular flexibility index (Phi) is 13.1. The maximum atomic E-state index is 2.73. The van der Waals surface area contributed by atoms with Crippen molar-refractivity contribution in [3.63, 3.8) is 0 Å². The first-order valence-electron chi connectivity index (χ1n) is 32.5. The first kappa shape index (κ1) is 57.1. The van der Waals surface area contributed by atoms with Gasteiger partial charge in [0.15, 0.2) is 0 Å². The molecule has 11 aromatic carbocycles. The zero-order chi connectivity index (χ0) is 62.3. The number of unbranched alkanes of at least 4 members (excludes halogenated alkanes) is 1. The lowest BCUT2D eigenvalue weighted by Gasteiger charge is -2.44. The third-order valence-corrected chi connectivity index (χ3v) is 23.2. The smallest absolute Gasteiger partial charge is 0.250 e. The van der Waals surface area contributed by atoms with E-state index in [1.54, 1.807) is 0 Å². The van der Waals surface area contributed by atoms with Crippen LogP contribution in [0.25, 0.3) is 55.0 Å². The standard InChI is InChI=1S/C82H71B2IN4S2/c1-12-13-22-51-31-47(2)37-69-77(51)83-62-45-63-74(46-73(62)90-75-43-56(86-65-27-18-14-23-58(65)59-24-15-19-28-66(59)86)41-71(79(75)83)88(69)54-34-48(3)32-52(39-54)81(6,7)8)91-76-44-57(87-67-29-20-16-25-60(67)61-26-17-21-30-68(61)87)42-72-80(76)84(63)78-64(85)36-50(5)38-70(78)89(72)55-35-49(4)33-53(40-55)82(9,10)11/h14-21,23-46H,12-13,22H2,1-11H3. The van der Waals surface area contributed by atoms with Crippen molar-refractivity contribution < 1.29 is 0 Å². The maximum absolute atomic E-state index is 2.73. The van der Waals surface area contributed by atoms with E-state index in [1.165, 1.54) is 184 Å². The van der Waals surface area contributed by atoms with Gasteiger partial charge in [-0.1, -0.05) is 192 Å². The number of aryl methyl sites for hydroxylation is 5. The molecule has 444 valence electrons. The highest BCUT2D eigenvalue weighted by molar-refractivity contribution is 14.1. The molecule has 0 bridgehead atoms. The number of fused-ring (bicyclic) bond motifs is 14. The molecule has 0 fully saturated rings. The molecule has 13 aromatic rings. The van der Waals surface area contributed by atoms with Gasteiger partial charge in [-0.2, -0.15) is 0 Å². The Hall–Kier alpha value is -7.82. The van der Waals surface area contributed by atoms with Crippen LogP contribution in [0.15, 0.2) is 214 Å². The quantitative estimate of drug-likeness (QED) is 0.117. The molecule has 4 nitrogen and oxygen atoms in total. The molecular formula is C82H71B2IN4S2. The van der Waals surface area contributed by atoms with Crippen LogP contribution in [0.5, 0.6) is 0 Å². The Morgan fingerprint density at radius 3 is 1.22 bits per heavy atom. The van der Waals surface area contributed by atoms with Crippen LogP contribution in [0, 0.1) is 31.3 Å². The fourth-order valence-electron chi connectivity index (χ4n) is 16.0. The van der Waals surface area contributed by atoms with E-state index in [0.29, 0.717) is 0 Å². The van der Waals surface area contributed by atoms with Crippen LogP contribution in [0.2, 0.25) is 0 Å². The van der Waals surface area contributed by atoms with Gasteiger partial charge in [0.2, 0.25) is 6.71 Å². The normalized spacial score (nSPS) is 13.9. The largest absolute Gasteiger partial charge is 0.311 e. The second kappa shape index (κ2) is 20.8. The van der Waals surface area contributed by atoms with Gasteiger partial charge in [-0.3, -0.25) is 0 Å². The predicted molar refractivity (Wildman–Crippen MR) is 403 cm³/mol. The van der Waals surface area contributed by atoms with Crippen molar-refractivity contribution >= 4 is 170 Å². The van der Waals surface area contributed by atoms with Crippen LogP contribution in [-0.4, -0.2) is 22.6 Å². The molecule has 0 unspecified atom stereocenters. The molecule has 0 aliphatic carbocycles. The average Bonchev–Trinajstić information content (AvgIpc) is 1.04. The minimum Gasteiger partial charge on any atom is -0.311 e. The summed E-state index contributed by atoms with van der Waals surface area (Å²) in [5.74, 6) is 0. The lowest BCUT2D eigenvalue weighted by molar-refractivity contribution is 0.589. The molecule has 6 heterocycles. The maximum Gasteiger partial charge on any atom is 0.250 e. The number of anilines is 6. The Balaban J connectivity index is 0.960. The number of aromatic nitrogens is 2. The first-order valence-corrected chi connectivity index (χ1v) is 35.2. The minimum absolute atomic E-state index is 0.0207. The van der Waals surface area contributed by atoms with Crippen LogP contribution >= 0.6 is 46.1 Å². The highest BCUT2D eigenvalue weighted by Gasteiger charge is 2.48. The number of hydrogen-bond acceptors (Lipinski definition) is 4. The fourth-order valence-corrected chi connectivity index (χ4v) is 19.6. The summed E-state index contributed by atoms with van der Waals surface area (Å²) < 4.78 is 6.37. The van der Waals surface area contributed by atoms with Crippen LogP contribution in [-0.2, 0) is 17.3 Å². The third-order valence-electron chi connectivity index (χ3n) is 20.0. The van der Waals surface area contributed by atoms with Gasteiger partial charge in [0.25, 0.3) is 6.71 Å². The van der Waals surface area contributed by atoms with E-state index in [9.17, 15) is 0 Å². The Bertz CT molecular complexity index is 5200. The second-order valence-corrected chi connectivity index (χ2v) is 31.7. The highest BCUT2D eigenvalue weighted by atomic mass is 127. The van der Waals surface area contributed by atoms with Crippen molar-refractivity contribution in [1.29, 1.82) is 0 Å². The number of rotatable bonds is 7. The van der Waals surface area contributed by atoms with Gasteiger partial charge in [0.1, 0.15) is 0 Å². The average molecular weight is 1330 g/mol. The van der Waals surface area contributed by atoms with Crippen molar-refractivity contribution in [2.24, 2.45) is 0 Å². The van der Waals surface area contributed by atoms with Gasteiger partial charge in [0, 0.05) is 90.2 Å². The highest BCUT2D eigenvalue weighted by Crippen LogP contribution is 2.50. The molecule has 0 atom stereocenters. The van der Waals surface area contributed by atoms with E-state index in [4.69, 9.17) is 0 Å². The van der Waals surface area contributed by atoms with Crippen molar-refractivity contribution in [1.82, 2.24) is 9.13 Å². The summed E-state index contributed by atoms with van der Waals surface area (Å²) in [4.78, 5) is 10.7. The molecule has 0 saturated heterocycles. The van der Waals surface area contributed by atoms with Gasteiger partial charge in [-0.15, -0.1) is 0 Å². The van der Waals surface area contributed by atoms with E-state index in [-0.39, 0.29) is 24.3 Å². The Morgan fingerprint density at radius 2 is 0.780 bits per heavy atom. The lowest BCUT2D eigenvalue weighted by atomic mass is 9.31. The van der Waals surface area contributed by atoms with E-state index < -0.39 is 0 Å². The molecule has 2 aromatic heterocycles. The summed E-state index contributed by atoms with van der Waals surface area (Å²) in [5, 5.41) is 5.07. The number of benzene rings is 11. The molecular weight excluding hydrogens is 1250 g/mol. The van der Waals surface area contributed by atoms with E-state index in [0.717, 1.165) is 19.3 Å². The molecule has 91 heavy (non-hydrogen) atoms. The van der Waals surface area contributed by atoms with Gasteiger partial charge < -0.3 is 18.9 Å². The molecule has 0 saturated carbocycles. The number of nitrogens with zero attached hydrogens (tertiary/aromatic N) is 4. The van der Waals surface area contributed by atoms with Crippen LogP contribution in [0.3, 0.4) is 0 Å². The van der Waals surface area contributed by atoms with Crippen LogP contribution < -0.4 is 42.6 Å². The van der Waals surface area contributed by atoms with Crippen molar-refractivity contribution in [3.8, 4) is 11.4 Å². The van der Waals surface area contributed by atoms with Crippen molar-refractivity contribution in [2.75, 3.05) is 9.80 Å². The molecule has 9 heteroatoms. The SMILES string of the molecule is CCCCc1cc(C)cc2c1B1c3cc4c(cc3Sc3cc(-n5c6ccccc6c6ccccc65)cc(c31)N2c1cc(C)cc(C(C)(C)C)c1)Sc1cc(-n2c3ccccc3c3ccccc32)cc2c1B4c1c(I)cc(C)cc1N2c1cc(C)cc(C(C)(C)C)c1.